The number of benzene rings is 4. The summed E-state index contributed by atoms with van der Waals surface area (Å²) < 4.78 is 31.8. The van der Waals surface area contributed by atoms with Crippen molar-refractivity contribution in [3.05, 3.63) is 139 Å². The van der Waals surface area contributed by atoms with E-state index in [2.05, 4.69) is 57.2 Å². The maximum Gasteiger partial charge on any atom is 0.324 e. The van der Waals surface area contributed by atoms with Crippen molar-refractivity contribution in [2.24, 2.45) is 0 Å². The van der Waals surface area contributed by atoms with E-state index in [-0.39, 0.29) is 23.1 Å². The number of esters is 1. The van der Waals surface area contributed by atoms with Crippen molar-refractivity contribution >= 4 is 33.7 Å². The molecule has 1 N–H and O–H groups in total. The molecule has 4 aromatic carbocycles. The van der Waals surface area contributed by atoms with Gasteiger partial charge in [-0.1, -0.05) is 36.4 Å². The summed E-state index contributed by atoms with van der Waals surface area (Å²) in [5.74, 6) is 2.09. The van der Waals surface area contributed by atoms with Crippen LogP contribution in [0.1, 0.15) is 40.3 Å². The number of pyridine rings is 2. The number of carboxylic acids is 1. The summed E-state index contributed by atoms with van der Waals surface area (Å²) in [5.41, 5.74) is 8.37. The second kappa shape index (κ2) is 23.7. The van der Waals surface area contributed by atoms with Crippen molar-refractivity contribution in [2.75, 3.05) is 98.5 Å². The molecule has 392 valence electrons. The molecule has 4 aliphatic heterocycles. The van der Waals surface area contributed by atoms with Crippen LogP contribution in [-0.4, -0.2) is 156 Å². The van der Waals surface area contributed by atoms with Gasteiger partial charge in [-0.05, 0) is 117 Å². The molecule has 2 saturated heterocycles. The molecule has 6 heterocycles. The molecular formula is C58H70N6O10. The van der Waals surface area contributed by atoms with Crippen LogP contribution in [0.4, 0.5) is 0 Å². The highest BCUT2D eigenvalue weighted by Gasteiger charge is 2.34. The van der Waals surface area contributed by atoms with Crippen molar-refractivity contribution in [2.45, 2.75) is 72.6 Å². The Bertz CT molecular complexity index is 3120. The number of rotatable bonds is 15. The smallest absolute Gasteiger partial charge is 0.324 e. The zero-order chi connectivity index (χ0) is 51.9. The average molecular weight is 1010 g/mol. The molecule has 2 aromatic heterocycles. The summed E-state index contributed by atoms with van der Waals surface area (Å²) in [7, 11) is 0. The van der Waals surface area contributed by atoms with Crippen molar-refractivity contribution in [3.63, 3.8) is 0 Å². The summed E-state index contributed by atoms with van der Waals surface area (Å²) in [5, 5.41) is 12.1. The first kappa shape index (κ1) is 52.2. The van der Waals surface area contributed by atoms with E-state index in [1.54, 1.807) is 12.1 Å². The fourth-order valence-electron chi connectivity index (χ4n) is 10.7. The Morgan fingerprint density at radius 2 is 0.986 bits per heavy atom. The second-order valence-electron chi connectivity index (χ2n) is 19.9. The van der Waals surface area contributed by atoms with E-state index in [0.29, 0.717) is 85.4 Å². The predicted octanol–water partition coefficient (Wildman–Crippen LogP) is 5.88. The summed E-state index contributed by atoms with van der Waals surface area (Å²) >= 11 is 0. The summed E-state index contributed by atoms with van der Waals surface area (Å²) in [6, 6.07) is 26.9. The lowest BCUT2D eigenvalue weighted by Crippen LogP contribution is -2.57. The topological polar surface area (TPSA) is 157 Å². The number of ether oxygens (including phenoxy) is 5. The van der Waals surface area contributed by atoms with Crippen LogP contribution < -0.4 is 30.1 Å². The summed E-state index contributed by atoms with van der Waals surface area (Å²) in [4.78, 5) is 59.5. The molecule has 2 atom stereocenters. The normalized spacial score (nSPS) is 18.2. The third-order valence-corrected chi connectivity index (χ3v) is 14.8. The van der Waals surface area contributed by atoms with E-state index >= 15 is 0 Å². The molecule has 0 aliphatic carbocycles. The third kappa shape index (κ3) is 12.3. The molecule has 74 heavy (non-hydrogen) atoms. The molecule has 2 unspecified atom stereocenters. The van der Waals surface area contributed by atoms with Crippen molar-refractivity contribution in [1.82, 2.24) is 28.7 Å². The number of hydrogen-bond acceptors (Lipinski definition) is 13. The fraction of sp³-hybridized carbons (Fsp3) is 0.448. The van der Waals surface area contributed by atoms with Crippen LogP contribution in [0.3, 0.4) is 0 Å². The molecule has 0 saturated carbocycles. The van der Waals surface area contributed by atoms with Crippen LogP contribution in [0, 0.1) is 27.7 Å². The zero-order valence-electron chi connectivity index (χ0n) is 43.5. The Hall–Kier alpha value is -6.72. The first-order valence-corrected chi connectivity index (χ1v) is 26.1. The number of nitrogens with zero attached hydrogens (tertiary/aromatic N) is 6. The van der Waals surface area contributed by atoms with Crippen LogP contribution in [0.2, 0.25) is 0 Å². The highest BCUT2D eigenvalue weighted by molar-refractivity contribution is 5.84. The highest BCUT2D eigenvalue weighted by Crippen LogP contribution is 2.32. The number of piperazine rings is 2. The lowest BCUT2D eigenvalue weighted by Gasteiger charge is -2.40. The molecule has 0 spiro atoms. The van der Waals surface area contributed by atoms with Crippen molar-refractivity contribution in [1.29, 1.82) is 0 Å². The molecule has 16 heteroatoms. The SMILES string of the molecule is CCOC(=O)C1CN(CCn2c(=O)cc(C)c3ccc(C)cc32)CCN1CCc1ccc2c(c1)OCCO2.Cc1ccc2c(C)cc(=O)n(CCN3CCN(CCc4ccc5c(c4)OCCO5)C(C(=O)O)C3)c2c1. The lowest BCUT2D eigenvalue weighted by atomic mass is 10.1. The Morgan fingerprint density at radius 3 is 1.45 bits per heavy atom. The largest absolute Gasteiger partial charge is 0.486 e. The molecular weight excluding hydrogens is 941 g/mol. The van der Waals surface area contributed by atoms with Crippen LogP contribution >= 0.6 is 0 Å². The number of aromatic nitrogens is 2. The number of aryl methyl sites for hydroxylation is 4. The van der Waals surface area contributed by atoms with E-state index in [1.807, 2.05) is 79.0 Å². The number of carbonyl (C=O) groups excluding carboxylic acids is 1. The number of carbonyl (C=O) groups is 2. The Kier molecular flexibility index (Phi) is 16.7. The molecule has 0 bridgehead atoms. The number of fused-ring (bicyclic) bond motifs is 4. The van der Waals surface area contributed by atoms with Crippen molar-refractivity contribution < 1.29 is 38.4 Å². The van der Waals surface area contributed by atoms with Gasteiger partial charge in [-0.3, -0.25) is 38.8 Å². The van der Waals surface area contributed by atoms with Crippen LogP contribution in [-0.2, 0) is 40.3 Å². The first-order chi connectivity index (χ1) is 35.8. The van der Waals surface area contributed by atoms with Gasteiger partial charge in [0.25, 0.3) is 11.1 Å². The third-order valence-electron chi connectivity index (χ3n) is 14.8. The van der Waals surface area contributed by atoms with Crippen LogP contribution in [0.25, 0.3) is 21.8 Å². The number of carboxylic acid groups (broad SMARTS) is 1. The van der Waals surface area contributed by atoms with Gasteiger partial charge in [0.2, 0.25) is 0 Å². The van der Waals surface area contributed by atoms with E-state index in [4.69, 9.17) is 23.7 Å². The molecule has 6 aromatic rings. The lowest BCUT2D eigenvalue weighted by molar-refractivity contribution is -0.152. The molecule has 2 fully saturated rings. The molecule has 4 aliphatic rings. The maximum atomic E-state index is 13.0. The Labute approximate surface area is 432 Å². The fourth-order valence-corrected chi connectivity index (χ4v) is 10.7. The van der Waals surface area contributed by atoms with E-state index < -0.39 is 12.0 Å². The van der Waals surface area contributed by atoms with Crippen LogP contribution in [0.15, 0.2) is 94.5 Å². The Morgan fingerprint density at radius 1 is 0.541 bits per heavy atom. The second-order valence-corrected chi connectivity index (χ2v) is 19.9. The van der Waals surface area contributed by atoms with E-state index in [0.717, 1.165) is 117 Å². The summed E-state index contributed by atoms with van der Waals surface area (Å²) in [6.45, 7) is 20.3. The van der Waals surface area contributed by atoms with Crippen LogP contribution in [0.5, 0.6) is 23.0 Å². The zero-order valence-corrected chi connectivity index (χ0v) is 43.5. The highest BCUT2D eigenvalue weighted by atomic mass is 16.6. The number of aliphatic carboxylic acids is 1. The van der Waals surface area contributed by atoms with Gasteiger partial charge >= 0.3 is 11.9 Å². The van der Waals surface area contributed by atoms with Gasteiger partial charge in [0.15, 0.2) is 23.0 Å². The summed E-state index contributed by atoms with van der Waals surface area (Å²) in [6.07, 6.45) is 1.54. The monoisotopic (exact) mass is 1010 g/mol. The Balaban J connectivity index is 0.000000182. The van der Waals surface area contributed by atoms with Gasteiger partial charge in [-0.15, -0.1) is 0 Å². The van der Waals surface area contributed by atoms with E-state index in [1.165, 1.54) is 0 Å². The van der Waals surface area contributed by atoms with Gasteiger partial charge in [0, 0.05) is 101 Å². The number of hydrogen-bond donors (Lipinski definition) is 1. The predicted molar refractivity (Wildman–Crippen MR) is 286 cm³/mol. The first-order valence-electron chi connectivity index (χ1n) is 26.1. The van der Waals surface area contributed by atoms with Gasteiger partial charge < -0.3 is 37.9 Å². The quantitative estimate of drug-likeness (QED) is 0.122. The standard InChI is InChI=1S/C30H37N3O5.C28H33N3O5/c1-4-36-30(35)26-20-31(12-14-33-25-17-21(2)5-7-24(25)22(3)18-29(33)34)11-13-32(26)10-9-23-6-8-27-28(19-23)38-16-15-37-27;1-19-3-5-22-20(2)16-27(32)31(23(22)15-19)12-10-29-9-11-30(24(18-29)28(33)34)8-7-21-4-6-25-26(17-21)36-14-13-35-25/h5-8,17-19,26H,4,9-16,20H2,1-3H3;3-6,15-17,24H,7-14,18H2,1-2H3,(H,33,34). The maximum absolute atomic E-state index is 13.0. The van der Waals surface area contributed by atoms with E-state index in [9.17, 15) is 24.3 Å². The minimum Gasteiger partial charge on any atom is -0.486 e. The van der Waals surface area contributed by atoms with Crippen molar-refractivity contribution in [3.8, 4) is 23.0 Å². The minimum atomic E-state index is -0.810. The minimum absolute atomic E-state index is 0.0145. The van der Waals surface area contributed by atoms with Gasteiger partial charge in [-0.2, -0.15) is 0 Å². The van der Waals surface area contributed by atoms with Gasteiger partial charge in [0.1, 0.15) is 38.5 Å². The molecule has 0 radical (unpaired) electrons. The van der Waals surface area contributed by atoms with Gasteiger partial charge in [-0.25, -0.2) is 0 Å². The van der Waals surface area contributed by atoms with Gasteiger partial charge in [0.05, 0.1) is 17.6 Å². The average Bonchev–Trinajstić information content (AvgIpc) is 3.40. The molecule has 10 rings (SSSR count). The molecule has 0 amide bonds. The molecule has 16 nitrogen and oxygen atoms in total.